The maximum Gasteiger partial charge on any atom is 0.243 e. The lowest BCUT2D eigenvalue weighted by Gasteiger charge is -2.25. The van der Waals surface area contributed by atoms with Crippen LogP contribution in [0.15, 0.2) is 24.3 Å². The fraction of sp³-hybridized carbons (Fsp3) is 0.500. The van der Waals surface area contributed by atoms with Crippen LogP contribution in [0.4, 0.5) is 11.4 Å². The molecule has 0 radical (unpaired) electrons. The predicted molar refractivity (Wildman–Crippen MR) is 105 cm³/mol. The smallest absolute Gasteiger partial charge is 0.243 e. The number of hydrogen-bond donors (Lipinski definition) is 3. The van der Waals surface area contributed by atoms with Crippen molar-refractivity contribution < 1.29 is 19.1 Å². The maximum absolute atomic E-state index is 12.0. The molecule has 10 heteroatoms. The Morgan fingerprint density at radius 1 is 1.15 bits per heavy atom. The van der Waals surface area contributed by atoms with Crippen LogP contribution in [0.2, 0.25) is 0 Å². The zero-order valence-corrected chi connectivity index (χ0v) is 16.2. The molecule has 1 aliphatic rings. The second kappa shape index (κ2) is 12.9. The Labute approximate surface area is 165 Å². The quantitative estimate of drug-likeness (QED) is 0.613. The van der Waals surface area contributed by atoms with Gasteiger partial charge in [-0.25, -0.2) is 0 Å². The Kier molecular flexibility index (Phi) is 12.2. The molecule has 1 heterocycles. The molecule has 148 valence electrons. The normalized spacial score (nSPS) is 15.2. The highest BCUT2D eigenvalue weighted by Crippen LogP contribution is 2.14. The summed E-state index contributed by atoms with van der Waals surface area (Å²) in [5, 5.41) is 5.53. The van der Waals surface area contributed by atoms with Crippen LogP contribution in [-0.2, 0) is 19.1 Å². The van der Waals surface area contributed by atoms with Crippen LogP contribution in [0, 0.1) is 0 Å². The zero-order chi connectivity index (χ0) is 17.4. The highest BCUT2D eigenvalue weighted by molar-refractivity contribution is 5.95. The van der Waals surface area contributed by atoms with Gasteiger partial charge in [-0.1, -0.05) is 0 Å². The summed E-state index contributed by atoms with van der Waals surface area (Å²) in [6, 6.07) is 6.16. The van der Waals surface area contributed by atoms with Gasteiger partial charge in [0.05, 0.1) is 26.4 Å². The number of carbonyl (C=O) groups excluding carboxylic acids is 2. The van der Waals surface area contributed by atoms with E-state index in [0.717, 1.165) is 13.1 Å². The number of morpholine rings is 1. The molecule has 0 bridgehead atoms. The average Bonchev–Trinajstić information content (AvgIpc) is 2.57. The van der Waals surface area contributed by atoms with Crippen LogP contribution in [0.1, 0.15) is 0 Å². The lowest BCUT2D eigenvalue weighted by molar-refractivity contribution is -0.119. The van der Waals surface area contributed by atoms with Gasteiger partial charge in [0.15, 0.2) is 0 Å². The first-order valence-electron chi connectivity index (χ1n) is 7.84. The van der Waals surface area contributed by atoms with E-state index in [1.807, 2.05) is 4.90 Å². The average molecular weight is 409 g/mol. The molecule has 2 amide bonds. The molecule has 1 aliphatic heterocycles. The van der Waals surface area contributed by atoms with Crippen molar-refractivity contribution in [3.63, 3.8) is 0 Å². The summed E-state index contributed by atoms with van der Waals surface area (Å²) in [5.74, 6) is -0.392. The van der Waals surface area contributed by atoms with Gasteiger partial charge in [0.25, 0.3) is 0 Å². The summed E-state index contributed by atoms with van der Waals surface area (Å²) < 4.78 is 10.1. The zero-order valence-electron chi connectivity index (χ0n) is 14.6. The minimum atomic E-state index is -0.720. The standard InChI is InChI=1S/C16H24N4O4.2ClH/c1-23-11-14(17)16(22)19-13-4-2-12(3-5-13)18-15(21)10-20-6-8-24-9-7-20;;/h2-5,14H,6-11,17H2,1H3,(H,18,21)(H,19,22);2*1H. The van der Waals surface area contributed by atoms with Gasteiger partial charge in [0.1, 0.15) is 6.04 Å². The number of amides is 2. The summed E-state index contributed by atoms with van der Waals surface area (Å²) in [6.45, 7) is 3.34. The summed E-state index contributed by atoms with van der Waals surface area (Å²) in [6.07, 6.45) is 0. The summed E-state index contributed by atoms with van der Waals surface area (Å²) >= 11 is 0. The molecular weight excluding hydrogens is 383 g/mol. The number of nitrogens with one attached hydrogen (secondary N) is 2. The number of benzene rings is 1. The molecule has 0 aromatic heterocycles. The van der Waals surface area contributed by atoms with Gasteiger partial charge in [-0.15, -0.1) is 24.8 Å². The van der Waals surface area contributed by atoms with Crippen molar-refractivity contribution >= 4 is 48.0 Å². The second-order valence-electron chi connectivity index (χ2n) is 5.57. The number of rotatable bonds is 7. The Morgan fingerprint density at radius 3 is 2.23 bits per heavy atom. The Morgan fingerprint density at radius 2 is 1.69 bits per heavy atom. The molecule has 1 saturated heterocycles. The topological polar surface area (TPSA) is 106 Å². The predicted octanol–water partition coefficient (Wildman–Crippen LogP) is 0.713. The molecule has 4 N–H and O–H groups in total. The number of nitrogens with two attached hydrogens (primary N) is 1. The molecule has 2 rings (SSSR count). The highest BCUT2D eigenvalue weighted by atomic mass is 35.5. The lowest BCUT2D eigenvalue weighted by atomic mass is 10.2. The molecule has 0 spiro atoms. The summed E-state index contributed by atoms with van der Waals surface area (Å²) in [5.41, 5.74) is 6.94. The van der Waals surface area contributed by atoms with Crippen molar-refractivity contribution in [2.45, 2.75) is 6.04 Å². The first-order valence-corrected chi connectivity index (χ1v) is 7.84. The van der Waals surface area contributed by atoms with Crippen molar-refractivity contribution in [2.75, 3.05) is 57.2 Å². The van der Waals surface area contributed by atoms with Crippen LogP contribution in [0.3, 0.4) is 0 Å². The van der Waals surface area contributed by atoms with Crippen molar-refractivity contribution in [1.82, 2.24) is 4.90 Å². The third kappa shape index (κ3) is 8.31. The van der Waals surface area contributed by atoms with E-state index in [1.54, 1.807) is 24.3 Å². The van der Waals surface area contributed by atoms with Crippen molar-refractivity contribution in [1.29, 1.82) is 0 Å². The molecule has 0 aliphatic carbocycles. The van der Waals surface area contributed by atoms with Crippen LogP contribution in [-0.4, -0.2) is 69.3 Å². The van der Waals surface area contributed by atoms with E-state index in [2.05, 4.69) is 10.6 Å². The molecule has 0 saturated carbocycles. The van der Waals surface area contributed by atoms with Gasteiger partial charge >= 0.3 is 0 Å². The third-order valence-corrected chi connectivity index (χ3v) is 3.59. The van der Waals surface area contributed by atoms with Crippen molar-refractivity contribution in [3.05, 3.63) is 24.3 Å². The van der Waals surface area contributed by atoms with Gasteiger partial charge < -0.3 is 25.8 Å². The maximum atomic E-state index is 12.0. The van der Waals surface area contributed by atoms with Gasteiger partial charge in [-0.2, -0.15) is 0 Å². The number of hydrogen-bond acceptors (Lipinski definition) is 6. The van der Waals surface area contributed by atoms with Crippen molar-refractivity contribution in [3.8, 4) is 0 Å². The van der Waals surface area contributed by atoms with Crippen LogP contribution in [0.25, 0.3) is 0 Å². The van der Waals surface area contributed by atoms with E-state index >= 15 is 0 Å². The minimum Gasteiger partial charge on any atom is -0.383 e. The molecule has 1 aromatic rings. The monoisotopic (exact) mass is 408 g/mol. The number of nitrogens with zero attached hydrogens (tertiary/aromatic N) is 1. The largest absolute Gasteiger partial charge is 0.383 e. The number of anilines is 2. The highest BCUT2D eigenvalue weighted by Gasteiger charge is 2.15. The van der Waals surface area contributed by atoms with E-state index in [1.165, 1.54) is 7.11 Å². The number of carbonyl (C=O) groups is 2. The second-order valence-corrected chi connectivity index (χ2v) is 5.57. The molecule has 8 nitrogen and oxygen atoms in total. The van der Waals surface area contributed by atoms with Crippen LogP contribution in [0.5, 0.6) is 0 Å². The minimum absolute atomic E-state index is 0. The molecule has 1 atom stereocenters. The molecule has 1 unspecified atom stereocenters. The fourth-order valence-electron chi connectivity index (χ4n) is 2.29. The van der Waals surface area contributed by atoms with E-state index in [-0.39, 0.29) is 43.2 Å². The molecule has 1 fully saturated rings. The van der Waals surface area contributed by atoms with Gasteiger partial charge in [0, 0.05) is 31.6 Å². The first-order chi connectivity index (χ1) is 11.6. The van der Waals surface area contributed by atoms with Gasteiger partial charge in [-0.3, -0.25) is 14.5 Å². The third-order valence-electron chi connectivity index (χ3n) is 3.59. The van der Waals surface area contributed by atoms with Crippen molar-refractivity contribution in [2.24, 2.45) is 5.73 Å². The van der Waals surface area contributed by atoms with Crippen LogP contribution < -0.4 is 16.4 Å². The Hall–Kier alpha value is -1.42. The number of methoxy groups -OCH3 is 1. The lowest BCUT2D eigenvalue weighted by Crippen LogP contribution is -2.41. The summed E-state index contributed by atoms with van der Waals surface area (Å²) in [7, 11) is 1.49. The number of ether oxygens (including phenoxy) is 2. The molecular formula is C16H26Cl2N4O4. The summed E-state index contributed by atoms with van der Waals surface area (Å²) in [4.78, 5) is 25.8. The van der Waals surface area contributed by atoms with Gasteiger partial charge in [-0.05, 0) is 24.3 Å². The fourth-order valence-corrected chi connectivity index (χ4v) is 2.29. The Bertz CT molecular complexity index is 554. The van der Waals surface area contributed by atoms with E-state index < -0.39 is 6.04 Å². The van der Waals surface area contributed by atoms with E-state index in [9.17, 15) is 9.59 Å². The van der Waals surface area contributed by atoms with Gasteiger partial charge in [0.2, 0.25) is 11.8 Å². The molecule has 26 heavy (non-hydrogen) atoms. The van der Waals surface area contributed by atoms with Crippen LogP contribution >= 0.6 is 24.8 Å². The number of halogens is 2. The molecule has 1 aromatic carbocycles. The van der Waals surface area contributed by atoms with E-state index in [4.69, 9.17) is 15.2 Å². The first kappa shape index (κ1) is 24.6. The Balaban J connectivity index is 0.00000312. The SMILES string of the molecule is COCC(N)C(=O)Nc1ccc(NC(=O)CN2CCOCC2)cc1.Cl.Cl. The van der Waals surface area contributed by atoms with E-state index in [0.29, 0.717) is 31.1 Å².